The summed E-state index contributed by atoms with van der Waals surface area (Å²) in [5.74, 6) is -0.856. The third-order valence-corrected chi connectivity index (χ3v) is 4.46. The maximum Gasteiger partial charge on any atom is 0.319 e. The first-order valence-electron chi connectivity index (χ1n) is 8.32. The minimum Gasteiger partial charge on any atom is -0.480 e. The predicted molar refractivity (Wildman–Crippen MR) is 99.4 cm³/mol. The number of aliphatic carboxylic acids is 1. The van der Waals surface area contributed by atoms with E-state index < -0.39 is 11.4 Å². The molecule has 0 aliphatic rings. The van der Waals surface area contributed by atoms with Crippen LogP contribution >= 0.6 is 0 Å². The van der Waals surface area contributed by atoms with E-state index in [2.05, 4.69) is 5.32 Å². The van der Waals surface area contributed by atoms with Crippen molar-refractivity contribution in [1.29, 1.82) is 0 Å². The summed E-state index contributed by atoms with van der Waals surface area (Å²) in [5, 5.41) is 13.5. The van der Waals surface area contributed by atoms with Crippen LogP contribution in [0.15, 0.2) is 91.0 Å². The van der Waals surface area contributed by atoms with E-state index in [4.69, 9.17) is 0 Å². The number of carbonyl (C=O) groups is 1. The minimum atomic E-state index is -1.13. The smallest absolute Gasteiger partial charge is 0.319 e. The van der Waals surface area contributed by atoms with Crippen molar-refractivity contribution in [2.45, 2.75) is 12.0 Å². The van der Waals surface area contributed by atoms with Crippen LogP contribution in [-0.2, 0) is 16.8 Å². The molecule has 0 aromatic heterocycles. The molecule has 0 radical (unpaired) electrons. The first kappa shape index (κ1) is 16.9. The summed E-state index contributed by atoms with van der Waals surface area (Å²) < 4.78 is 0. The van der Waals surface area contributed by atoms with Gasteiger partial charge in [0.15, 0.2) is 0 Å². The van der Waals surface area contributed by atoms with Crippen LogP contribution < -0.4 is 5.32 Å². The zero-order valence-corrected chi connectivity index (χ0v) is 13.9. The molecule has 3 rings (SSSR count). The largest absolute Gasteiger partial charge is 0.480 e. The fourth-order valence-electron chi connectivity index (χ4n) is 3.13. The van der Waals surface area contributed by atoms with E-state index >= 15 is 0 Å². The van der Waals surface area contributed by atoms with Gasteiger partial charge in [-0.25, -0.2) is 0 Å². The summed E-state index contributed by atoms with van der Waals surface area (Å²) in [6.07, 6.45) is 0. The summed E-state index contributed by atoms with van der Waals surface area (Å²) in [4.78, 5) is 12.4. The molecule has 3 heteroatoms. The number of hydrogen-bond donors (Lipinski definition) is 2. The van der Waals surface area contributed by atoms with Gasteiger partial charge in [-0.1, -0.05) is 91.0 Å². The number of benzene rings is 3. The third-order valence-electron chi connectivity index (χ3n) is 4.46. The average Bonchev–Trinajstić information content (AvgIpc) is 2.67. The summed E-state index contributed by atoms with van der Waals surface area (Å²) in [5.41, 5.74) is 1.54. The van der Waals surface area contributed by atoms with E-state index in [0.717, 1.165) is 16.7 Å². The topological polar surface area (TPSA) is 49.3 Å². The number of carboxylic acids is 1. The predicted octanol–water partition coefficient (Wildman–Crippen LogP) is 3.85. The van der Waals surface area contributed by atoms with E-state index in [0.29, 0.717) is 13.1 Å². The SMILES string of the molecule is O=C(O)C(CNCc1ccccc1)(c1ccccc1)c1ccccc1. The molecule has 0 atom stereocenters. The molecule has 3 nitrogen and oxygen atoms in total. The normalized spacial score (nSPS) is 11.2. The molecule has 126 valence electrons. The summed E-state index contributed by atoms with van der Waals surface area (Å²) >= 11 is 0. The highest BCUT2D eigenvalue weighted by molar-refractivity contribution is 5.86. The molecule has 0 saturated carbocycles. The number of nitrogens with one attached hydrogen (secondary N) is 1. The Balaban J connectivity index is 1.95. The van der Waals surface area contributed by atoms with Crippen molar-refractivity contribution in [2.24, 2.45) is 0 Å². The van der Waals surface area contributed by atoms with Crippen LogP contribution in [0, 0.1) is 0 Å². The molecule has 0 amide bonds. The molecule has 0 spiro atoms. The van der Waals surface area contributed by atoms with Crippen LogP contribution in [0.2, 0.25) is 0 Å². The van der Waals surface area contributed by atoms with Gasteiger partial charge in [0.1, 0.15) is 5.41 Å². The van der Waals surface area contributed by atoms with Crippen LogP contribution in [0.25, 0.3) is 0 Å². The Bertz CT molecular complexity index is 762. The zero-order valence-electron chi connectivity index (χ0n) is 13.9. The van der Waals surface area contributed by atoms with Gasteiger partial charge in [0, 0.05) is 13.1 Å². The Labute approximate surface area is 148 Å². The Morgan fingerprint density at radius 2 is 1.20 bits per heavy atom. The van der Waals surface area contributed by atoms with E-state index in [-0.39, 0.29) is 0 Å². The van der Waals surface area contributed by atoms with Gasteiger partial charge in [-0.15, -0.1) is 0 Å². The Morgan fingerprint density at radius 1 is 0.760 bits per heavy atom. The van der Waals surface area contributed by atoms with Crippen molar-refractivity contribution < 1.29 is 9.90 Å². The molecule has 0 aliphatic carbocycles. The van der Waals surface area contributed by atoms with Crippen LogP contribution in [0.4, 0.5) is 0 Å². The quantitative estimate of drug-likeness (QED) is 0.691. The second-order valence-corrected chi connectivity index (χ2v) is 6.03. The number of rotatable bonds is 7. The van der Waals surface area contributed by atoms with Gasteiger partial charge in [0.2, 0.25) is 0 Å². The molecule has 0 heterocycles. The van der Waals surface area contributed by atoms with Gasteiger partial charge in [-0.2, -0.15) is 0 Å². The van der Waals surface area contributed by atoms with Crippen molar-refractivity contribution >= 4 is 5.97 Å². The molecule has 3 aromatic carbocycles. The number of carboxylic acid groups (broad SMARTS) is 1. The molecule has 25 heavy (non-hydrogen) atoms. The van der Waals surface area contributed by atoms with Crippen LogP contribution in [0.1, 0.15) is 16.7 Å². The molecule has 0 aliphatic heterocycles. The highest BCUT2D eigenvalue weighted by Gasteiger charge is 2.41. The Morgan fingerprint density at radius 3 is 1.64 bits per heavy atom. The second-order valence-electron chi connectivity index (χ2n) is 6.03. The summed E-state index contributed by atoms with van der Waals surface area (Å²) in [7, 11) is 0. The zero-order chi connectivity index (χ0) is 17.5. The van der Waals surface area contributed by atoms with E-state index in [1.807, 2.05) is 91.0 Å². The number of hydrogen-bond acceptors (Lipinski definition) is 2. The fraction of sp³-hybridized carbons (Fsp3) is 0.136. The molecule has 0 bridgehead atoms. The third kappa shape index (κ3) is 3.62. The van der Waals surface area contributed by atoms with Crippen molar-refractivity contribution in [3.8, 4) is 0 Å². The Hall–Kier alpha value is -2.91. The molecular formula is C22H21NO2. The van der Waals surface area contributed by atoms with Gasteiger partial charge in [-0.05, 0) is 16.7 Å². The van der Waals surface area contributed by atoms with Crippen molar-refractivity contribution in [3.05, 3.63) is 108 Å². The molecule has 0 unspecified atom stereocenters. The molecule has 3 aromatic rings. The summed E-state index contributed by atoms with van der Waals surface area (Å²) in [6.45, 7) is 0.931. The second kappa shape index (κ2) is 7.77. The molecule has 0 fully saturated rings. The lowest BCUT2D eigenvalue weighted by molar-refractivity contribution is -0.142. The van der Waals surface area contributed by atoms with E-state index in [1.165, 1.54) is 0 Å². The van der Waals surface area contributed by atoms with Crippen molar-refractivity contribution in [1.82, 2.24) is 5.32 Å². The lowest BCUT2D eigenvalue weighted by atomic mass is 9.74. The van der Waals surface area contributed by atoms with Crippen LogP contribution in [0.3, 0.4) is 0 Å². The maximum absolute atomic E-state index is 12.4. The van der Waals surface area contributed by atoms with E-state index in [9.17, 15) is 9.90 Å². The standard InChI is InChI=1S/C22H21NO2/c24-21(25)22(19-12-6-2-7-13-19,20-14-8-3-9-15-20)17-23-16-18-10-4-1-5-11-18/h1-15,23H,16-17H2,(H,24,25). The molecule has 2 N–H and O–H groups in total. The average molecular weight is 331 g/mol. The first-order chi connectivity index (χ1) is 12.2. The van der Waals surface area contributed by atoms with Gasteiger partial charge >= 0.3 is 5.97 Å². The van der Waals surface area contributed by atoms with Crippen molar-refractivity contribution in [2.75, 3.05) is 6.54 Å². The lowest BCUT2D eigenvalue weighted by Gasteiger charge is -2.31. The Kier molecular flexibility index (Phi) is 5.26. The monoisotopic (exact) mass is 331 g/mol. The van der Waals surface area contributed by atoms with Gasteiger partial charge in [0.25, 0.3) is 0 Å². The minimum absolute atomic E-state index is 0.311. The van der Waals surface area contributed by atoms with Gasteiger partial charge in [0.05, 0.1) is 0 Å². The fourth-order valence-corrected chi connectivity index (χ4v) is 3.13. The van der Waals surface area contributed by atoms with E-state index in [1.54, 1.807) is 0 Å². The molecule has 0 saturated heterocycles. The van der Waals surface area contributed by atoms with Crippen LogP contribution in [-0.4, -0.2) is 17.6 Å². The van der Waals surface area contributed by atoms with Crippen molar-refractivity contribution in [3.63, 3.8) is 0 Å². The van der Waals surface area contributed by atoms with Gasteiger partial charge in [-0.3, -0.25) is 4.79 Å². The maximum atomic E-state index is 12.4. The highest BCUT2D eigenvalue weighted by Crippen LogP contribution is 2.32. The van der Waals surface area contributed by atoms with Crippen LogP contribution in [0.5, 0.6) is 0 Å². The lowest BCUT2D eigenvalue weighted by Crippen LogP contribution is -2.45. The highest BCUT2D eigenvalue weighted by atomic mass is 16.4. The summed E-state index contributed by atoms with van der Waals surface area (Å²) in [6, 6.07) is 28.8. The molecular weight excluding hydrogens is 310 g/mol. The van der Waals surface area contributed by atoms with Gasteiger partial charge < -0.3 is 10.4 Å². The first-order valence-corrected chi connectivity index (χ1v) is 8.32.